The highest BCUT2D eigenvalue weighted by Crippen LogP contribution is 2.29. The molecule has 0 spiro atoms. The van der Waals surface area contributed by atoms with Crippen molar-refractivity contribution in [3.63, 3.8) is 0 Å². The minimum Gasteiger partial charge on any atom is -0.459 e. The molecule has 0 aliphatic heterocycles. The largest absolute Gasteiger partial charge is 0.459 e. The van der Waals surface area contributed by atoms with Crippen LogP contribution in [0, 0.1) is 24.2 Å². The average molecular weight is 242 g/mol. The first-order chi connectivity index (χ1) is 8.63. The van der Waals surface area contributed by atoms with Gasteiger partial charge in [0.1, 0.15) is 11.3 Å². The van der Waals surface area contributed by atoms with Gasteiger partial charge in [0.2, 0.25) is 0 Å². The molecule has 0 radical (unpaired) electrons. The predicted molar refractivity (Wildman–Crippen MR) is 72.1 cm³/mol. The maximum absolute atomic E-state index is 8.77. The molecule has 0 saturated heterocycles. The van der Waals surface area contributed by atoms with Crippen LogP contribution in [-0.4, -0.2) is 6.54 Å². The molecule has 1 heterocycles. The smallest absolute Gasteiger partial charge is 0.134 e. The van der Waals surface area contributed by atoms with E-state index >= 15 is 0 Å². The summed E-state index contributed by atoms with van der Waals surface area (Å²) in [7, 11) is 0. The highest BCUT2D eigenvalue weighted by atomic mass is 16.3. The van der Waals surface area contributed by atoms with Crippen LogP contribution in [-0.2, 0) is 0 Å². The Balaban J connectivity index is 2.20. The zero-order chi connectivity index (χ0) is 13.1. The van der Waals surface area contributed by atoms with E-state index < -0.39 is 0 Å². The van der Waals surface area contributed by atoms with E-state index in [1.807, 2.05) is 25.1 Å². The van der Waals surface area contributed by atoms with E-state index in [2.05, 4.69) is 31.3 Å². The monoisotopic (exact) mass is 242 g/mol. The van der Waals surface area contributed by atoms with Crippen molar-refractivity contribution in [2.45, 2.75) is 26.8 Å². The van der Waals surface area contributed by atoms with Gasteiger partial charge in [0.05, 0.1) is 18.0 Å². The normalized spacial score (nSPS) is 14.3. The van der Waals surface area contributed by atoms with E-state index in [4.69, 9.17) is 9.68 Å². The van der Waals surface area contributed by atoms with E-state index in [1.165, 1.54) is 5.56 Å². The fraction of sp³-hybridized carbons (Fsp3) is 0.400. The third kappa shape index (κ3) is 2.39. The molecule has 1 N–H and O–H groups in total. The average Bonchev–Trinajstić information content (AvgIpc) is 2.73. The number of benzene rings is 1. The summed E-state index contributed by atoms with van der Waals surface area (Å²) in [5.74, 6) is 0.971. The van der Waals surface area contributed by atoms with Crippen LogP contribution >= 0.6 is 0 Å². The van der Waals surface area contributed by atoms with Crippen molar-refractivity contribution in [2.75, 3.05) is 6.54 Å². The highest BCUT2D eigenvalue weighted by molar-refractivity contribution is 5.82. The lowest BCUT2D eigenvalue weighted by atomic mass is 10.1. The summed E-state index contributed by atoms with van der Waals surface area (Å²) in [6, 6.07) is 10.4. The van der Waals surface area contributed by atoms with Crippen LogP contribution in [0.3, 0.4) is 0 Å². The molecule has 1 aromatic carbocycles. The van der Waals surface area contributed by atoms with Crippen LogP contribution in [0.25, 0.3) is 11.0 Å². The topological polar surface area (TPSA) is 49.0 Å². The van der Waals surface area contributed by atoms with Crippen molar-refractivity contribution in [1.82, 2.24) is 5.32 Å². The number of para-hydroxylation sites is 1. The lowest BCUT2D eigenvalue weighted by Gasteiger charge is -2.13. The number of rotatable bonds is 4. The number of fused-ring (bicyclic) bond motifs is 1. The zero-order valence-electron chi connectivity index (χ0n) is 11.0. The van der Waals surface area contributed by atoms with E-state index in [0.29, 0.717) is 6.54 Å². The molecule has 0 bridgehead atoms. The molecule has 2 unspecified atom stereocenters. The van der Waals surface area contributed by atoms with Gasteiger partial charge in [-0.25, -0.2) is 0 Å². The number of nitriles is 1. The summed E-state index contributed by atoms with van der Waals surface area (Å²) < 4.78 is 5.88. The molecule has 1 aromatic heterocycles. The summed E-state index contributed by atoms with van der Waals surface area (Å²) in [5, 5.41) is 13.3. The van der Waals surface area contributed by atoms with E-state index in [1.54, 1.807) is 0 Å². The Hall–Kier alpha value is -1.79. The van der Waals surface area contributed by atoms with Gasteiger partial charge in [-0.1, -0.05) is 18.2 Å². The van der Waals surface area contributed by atoms with Crippen molar-refractivity contribution in [3.05, 3.63) is 35.6 Å². The first kappa shape index (κ1) is 12.7. The van der Waals surface area contributed by atoms with Crippen molar-refractivity contribution < 1.29 is 4.42 Å². The van der Waals surface area contributed by atoms with Crippen LogP contribution in [0.1, 0.15) is 31.2 Å². The van der Waals surface area contributed by atoms with Crippen LogP contribution < -0.4 is 5.32 Å². The van der Waals surface area contributed by atoms with Gasteiger partial charge in [-0.05, 0) is 32.4 Å². The van der Waals surface area contributed by atoms with Crippen molar-refractivity contribution in [2.24, 2.45) is 5.92 Å². The van der Waals surface area contributed by atoms with Gasteiger partial charge in [0.25, 0.3) is 0 Å². The summed E-state index contributed by atoms with van der Waals surface area (Å²) in [6.45, 7) is 6.72. The maximum atomic E-state index is 8.77. The van der Waals surface area contributed by atoms with Crippen LogP contribution in [0.4, 0.5) is 0 Å². The Bertz CT molecular complexity index is 580. The third-order valence-electron chi connectivity index (χ3n) is 3.22. The van der Waals surface area contributed by atoms with Crippen molar-refractivity contribution >= 4 is 11.0 Å². The van der Waals surface area contributed by atoms with Gasteiger partial charge < -0.3 is 9.73 Å². The zero-order valence-corrected chi connectivity index (χ0v) is 11.0. The molecule has 2 atom stereocenters. The molecule has 0 saturated carbocycles. The maximum Gasteiger partial charge on any atom is 0.134 e. The summed E-state index contributed by atoms with van der Waals surface area (Å²) >= 11 is 0. The lowest BCUT2D eigenvalue weighted by molar-refractivity contribution is 0.435. The second kappa shape index (κ2) is 5.24. The fourth-order valence-electron chi connectivity index (χ4n) is 2.10. The minimum absolute atomic E-state index is 0.0112. The van der Waals surface area contributed by atoms with E-state index in [-0.39, 0.29) is 12.0 Å². The highest BCUT2D eigenvalue weighted by Gasteiger charge is 2.16. The molecule has 0 amide bonds. The summed E-state index contributed by atoms with van der Waals surface area (Å²) in [4.78, 5) is 0. The Kier molecular flexibility index (Phi) is 3.69. The molecule has 2 rings (SSSR count). The molecular weight excluding hydrogens is 224 g/mol. The van der Waals surface area contributed by atoms with E-state index in [9.17, 15) is 0 Å². The fourth-order valence-corrected chi connectivity index (χ4v) is 2.10. The molecule has 0 aliphatic rings. The predicted octanol–water partition coefficient (Wildman–Crippen LogP) is 3.55. The second-order valence-corrected chi connectivity index (χ2v) is 4.75. The minimum atomic E-state index is 0.0112. The van der Waals surface area contributed by atoms with E-state index in [0.717, 1.165) is 16.7 Å². The van der Waals surface area contributed by atoms with Crippen LogP contribution in [0.5, 0.6) is 0 Å². The molecule has 18 heavy (non-hydrogen) atoms. The number of nitrogens with one attached hydrogen (secondary N) is 1. The summed E-state index contributed by atoms with van der Waals surface area (Å²) in [6.07, 6.45) is 0. The molecular formula is C15H18N2O. The van der Waals surface area contributed by atoms with Gasteiger partial charge in [0.15, 0.2) is 0 Å². The van der Waals surface area contributed by atoms with Crippen molar-refractivity contribution in [1.29, 1.82) is 5.26 Å². The molecule has 3 heteroatoms. The number of hydrogen-bond donors (Lipinski definition) is 1. The molecule has 2 aromatic rings. The van der Waals surface area contributed by atoms with Gasteiger partial charge in [-0.15, -0.1) is 0 Å². The van der Waals surface area contributed by atoms with Crippen molar-refractivity contribution in [3.8, 4) is 6.07 Å². The van der Waals surface area contributed by atoms with Gasteiger partial charge in [0, 0.05) is 11.9 Å². The first-order valence-corrected chi connectivity index (χ1v) is 6.24. The Morgan fingerprint density at radius 3 is 2.72 bits per heavy atom. The Labute approximate surface area is 107 Å². The Morgan fingerprint density at radius 1 is 1.33 bits per heavy atom. The van der Waals surface area contributed by atoms with Crippen LogP contribution in [0.15, 0.2) is 28.7 Å². The van der Waals surface area contributed by atoms with Gasteiger partial charge in [-0.3, -0.25) is 0 Å². The SMILES string of the molecule is Cc1c(C(C)NCC(C)C#N)oc2ccccc12. The molecule has 94 valence electrons. The standard InChI is InChI=1S/C15H18N2O/c1-10(8-16)9-17-12(3)15-11(2)13-6-4-5-7-14(13)18-15/h4-7,10,12,17H,9H2,1-3H3. The quantitative estimate of drug-likeness (QED) is 0.891. The van der Waals surface area contributed by atoms with Gasteiger partial charge >= 0.3 is 0 Å². The number of aryl methyl sites for hydroxylation is 1. The number of hydrogen-bond acceptors (Lipinski definition) is 3. The molecule has 0 fully saturated rings. The lowest BCUT2D eigenvalue weighted by Crippen LogP contribution is -2.23. The number of furan rings is 1. The van der Waals surface area contributed by atoms with Crippen LogP contribution in [0.2, 0.25) is 0 Å². The number of nitrogens with zero attached hydrogens (tertiary/aromatic N) is 1. The molecule has 3 nitrogen and oxygen atoms in total. The molecule has 0 aliphatic carbocycles. The second-order valence-electron chi connectivity index (χ2n) is 4.75. The third-order valence-corrected chi connectivity index (χ3v) is 3.22. The van der Waals surface area contributed by atoms with Gasteiger partial charge in [-0.2, -0.15) is 5.26 Å². The first-order valence-electron chi connectivity index (χ1n) is 6.24. The summed E-state index contributed by atoms with van der Waals surface area (Å²) in [5.41, 5.74) is 2.10. The Morgan fingerprint density at radius 2 is 2.06 bits per heavy atom.